The fourth-order valence-corrected chi connectivity index (χ4v) is 1.65. The summed E-state index contributed by atoms with van der Waals surface area (Å²) < 4.78 is 0. The number of benzene rings is 1. The molecule has 0 aromatic heterocycles. The van der Waals surface area contributed by atoms with E-state index >= 15 is 0 Å². The van der Waals surface area contributed by atoms with Gasteiger partial charge in [0, 0.05) is 17.6 Å². The average molecular weight is 267 g/mol. The van der Waals surface area contributed by atoms with Gasteiger partial charge in [-0.2, -0.15) is 0 Å². The largest absolute Gasteiger partial charge is 0.353 e. The van der Waals surface area contributed by atoms with Gasteiger partial charge in [-0.1, -0.05) is 23.7 Å². The van der Waals surface area contributed by atoms with Crippen LogP contribution in [0.3, 0.4) is 0 Å². The second-order valence-corrected chi connectivity index (χ2v) is 4.77. The number of hydrogen-bond acceptors (Lipinski definition) is 2. The SMILES string of the molecule is CN(C)CCCNC(=O)C=Cc1cccc(Cl)c1. The molecule has 1 amide bonds. The summed E-state index contributed by atoms with van der Waals surface area (Å²) >= 11 is 5.85. The lowest BCUT2D eigenvalue weighted by Gasteiger charge is -2.08. The second kappa shape index (κ2) is 7.90. The first-order valence-electron chi connectivity index (χ1n) is 5.94. The number of amides is 1. The first-order chi connectivity index (χ1) is 8.58. The van der Waals surface area contributed by atoms with E-state index in [1.54, 1.807) is 12.1 Å². The summed E-state index contributed by atoms with van der Waals surface area (Å²) in [4.78, 5) is 13.6. The standard InChI is InChI=1S/C14H19ClN2O/c1-17(2)10-4-9-16-14(18)8-7-12-5-3-6-13(15)11-12/h3,5-8,11H,4,9-10H2,1-2H3,(H,16,18). The summed E-state index contributed by atoms with van der Waals surface area (Å²) in [5.41, 5.74) is 0.922. The molecule has 1 aromatic rings. The molecule has 0 bridgehead atoms. The van der Waals surface area contributed by atoms with E-state index in [-0.39, 0.29) is 5.91 Å². The molecule has 1 N–H and O–H groups in total. The number of rotatable bonds is 6. The number of carbonyl (C=O) groups is 1. The van der Waals surface area contributed by atoms with Gasteiger partial charge in [0.1, 0.15) is 0 Å². The lowest BCUT2D eigenvalue weighted by atomic mass is 10.2. The number of halogens is 1. The molecule has 0 radical (unpaired) electrons. The Morgan fingerprint density at radius 2 is 2.22 bits per heavy atom. The van der Waals surface area contributed by atoms with Gasteiger partial charge < -0.3 is 10.2 Å². The van der Waals surface area contributed by atoms with E-state index < -0.39 is 0 Å². The van der Waals surface area contributed by atoms with Crippen LogP contribution < -0.4 is 5.32 Å². The average Bonchev–Trinajstić information content (AvgIpc) is 2.32. The van der Waals surface area contributed by atoms with Gasteiger partial charge in [0.15, 0.2) is 0 Å². The first-order valence-corrected chi connectivity index (χ1v) is 6.32. The number of nitrogens with zero attached hydrogens (tertiary/aromatic N) is 1. The second-order valence-electron chi connectivity index (χ2n) is 4.34. The van der Waals surface area contributed by atoms with Crippen molar-refractivity contribution in [2.75, 3.05) is 27.2 Å². The molecule has 0 heterocycles. The summed E-state index contributed by atoms with van der Waals surface area (Å²) in [6.45, 7) is 1.66. The number of hydrogen-bond donors (Lipinski definition) is 1. The summed E-state index contributed by atoms with van der Waals surface area (Å²) in [6, 6.07) is 7.39. The van der Waals surface area contributed by atoms with Crippen LogP contribution in [-0.2, 0) is 4.79 Å². The van der Waals surface area contributed by atoms with Crippen molar-refractivity contribution in [2.24, 2.45) is 0 Å². The molecule has 0 aliphatic rings. The molecule has 1 rings (SSSR count). The van der Waals surface area contributed by atoms with E-state index in [2.05, 4.69) is 10.2 Å². The quantitative estimate of drug-likeness (QED) is 0.634. The Balaban J connectivity index is 2.31. The summed E-state index contributed by atoms with van der Waals surface area (Å²) in [5.74, 6) is -0.0752. The zero-order chi connectivity index (χ0) is 13.4. The summed E-state index contributed by atoms with van der Waals surface area (Å²) in [5, 5.41) is 3.51. The maximum atomic E-state index is 11.5. The molecular formula is C14H19ClN2O. The maximum absolute atomic E-state index is 11.5. The van der Waals surface area contributed by atoms with Crippen LogP contribution in [0.15, 0.2) is 30.3 Å². The maximum Gasteiger partial charge on any atom is 0.243 e. The highest BCUT2D eigenvalue weighted by Gasteiger charge is 1.96. The first kappa shape index (κ1) is 14.7. The van der Waals surface area contributed by atoms with Crippen LogP contribution in [0, 0.1) is 0 Å². The Morgan fingerprint density at radius 1 is 1.44 bits per heavy atom. The minimum atomic E-state index is -0.0752. The van der Waals surface area contributed by atoms with E-state index in [1.807, 2.05) is 32.3 Å². The van der Waals surface area contributed by atoms with Gasteiger partial charge >= 0.3 is 0 Å². The zero-order valence-electron chi connectivity index (χ0n) is 10.8. The van der Waals surface area contributed by atoms with Crippen LogP contribution in [0.1, 0.15) is 12.0 Å². The third kappa shape index (κ3) is 6.42. The van der Waals surface area contributed by atoms with Crippen molar-refractivity contribution in [3.63, 3.8) is 0 Å². The molecule has 0 aliphatic heterocycles. The van der Waals surface area contributed by atoms with E-state index in [4.69, 9.17) is 11.6 Å². The Labute approximate surface area is 113 Å². The van der Waals surface area contributed by atoms with Crippen LogP contribution in [0.4, 0.5) is 0 Å². The minimum Gasteiger partial charge on any atom is -0.353 e. The molecule has 18 heavy (non-hydrogen) atoms. The summed E-state index contributed by atoms with van der Waals surface area (Å²) in [6.07, 6.45) is 4.23. The highest BCUT2D eigenvalue weighted by Crippen LogP contribution is 2.11. The molecule has 0 unspecified atom stereocenters. The topological polar surface area (TPSA) is 32.3 Å². The van der Waals surface area contributed by atoms with Crippen LogP contribution >= 0.6 is 11.6 Å². The third-order valence-corrected chi connectivity index (χ3v) is 2.59. The smallest absolute Gasteiger partial charge is 0.243 e. The fraction of sp³-hybridized carbons (Fsp3) is 0.357. The van der Waals surface area contributed by atoms with Gasteiger partial charge in [0.25, 0.3) is 0 Å². The predicted octanol–water partition coefficient (Wildman–Crippen LogP) is 2.42. The fourth-order valence-electron chi connectivity index (χ4n) is 1.45. The van der Waals surface area contributed by atoms with Crippen LogP contribution in [0.25, 0.3) is 6.08 Å². The van der Waals surface area contributed by atoms with Gasteiger partial charge in [-0.25, -0.2) is 0 Å². The molecule has 98 valence electrons. The molecule has 4 heteroatoms. The highest BCUT2D eigenvalue weighted by atomic mass is 35.5. The van der Waals surface area contributed by atoms with E-state index in [0.29, 0.717) is 11.6 Å². The van der Waals surface area contributed by atoms with E-state index in [0.717, 1.165) is 18.5 Å². The molecule has 0 atom stereocenters. The van der Waals surface area contributed by atoms with Crippen molar-refractivity contribution >= 4 is 23.6 Å². The molecule has 0 saturated heterocycles. The third-order valence-electron chi connectivity index (χ3n) is 2.36. The highest BCUT2D eigenvalue weighted by molar-refractivity contribution is 6.30. The lowest BCUT2D eigenvalue weighted by molar-refractivity contribution is -0.116. The van der Waals surface area contributed by atoms with Crippen molar-refractivity contribution in [3.8, 4) is 0 Å². The molecule has 0 aliphatic carbocycles. The Morgan fingerprint density at radius 3 is 2.89 bits per heavy atom. The van der Waals surface area contributed by atoms with Gasteiger partial charge in [0.2, 0.25) is 5.91 Å². The summed E-state index contributed by atoms with van der Waals surface area (Å²) in [7, 11) is 4.03. The Kier molecular flexibility index (Phi) is 6.47. The molecule has 3 nitrogen and oxygen atoms in total. The Hall–Kier alpha value is -1.32. The molecular weight excluding hydrogens is 248 g/mol. The molecule has 0 saturated carbocycles. The monoisotopic (exact) mass is 266 g/mol. The van der Waals surface area contributed by atoms with Gasteiger partial charge in [-0.3, -0.25) is 4.79 Å². The molecule has 1 aromatic carbocycles. The van der Waals surface area contributed by atoms with Gasteiger partial charge in [0.05, 0.1) is 0 Å². The Bertz CT molecular complexity index is 416. The van der Waals surface area contributed by atoms with Gasteiger partial charge in [-0.15, -0.1) is 0 Å². The number of nitrogens with one attached hydrogen (secondary N) is 1. The van der Waals surface area contributed by atoms with E-state index in [1.165, 1.54) is 6.08 Å². The normalized spacial score (nSPS) is 11.1. The zero-order valence-corrected chi connectivity index (χ0v) is 11.6. The van der Waals surface area contributed by atoms with Crippen molar-refractivity contribution < 1.29 is 4.79 Å². The van der Waals surface area contributed by atoms with Crippen molar-refractivity contribution in [3.05, 3.63) is 40.9 Å². The minimum absolute atomic E-state index is 0.0752. The van der Waals surface area contributed by atoms with Gasteiger partial charge in [-0.05, 0) is 50.8 Å². The predicted molar refractivity (Wildman–Crippen MR) is 76.7 cm³/mol. The molecule has 0 fully saturated rings. The number of carbonyl (C=O) groups excluding carboxylic acids is 1. The van der Waals surface area contributed by atoms with Crippen molar-refractivity contribution in [1.29, 1.82) is 0 Å². The van der Waals surface area contributed by atoms with Crippen LogP contribution in [-0.4, -0.2) is 38.0 Å². The van der Waals surface area contributed by atoms with Crippen LogP contribution in [0.2, 0.25) is 5.02 Å². The van der Waals surface area contributed by atoms with E-state index in [9.17, 15) is 4.79 Å². The lowest BCUT2D eigenvalue weighted by Crippen LogP contribution is -2.25. The van der Waals surface area contributed by atoms with Crippen molar-refractivity contribution in [1.82, 2.24) is 10.2 Å². The van der Waals surface area contributed by atoms with Crippen LogP contribution in [0.5, 0.6) is 0 Å². The molecule has 0 spiro atoms. The van der Waals surface area contributed by atoms with Crippen molar-refractivity contribution in [2.45, 2.75) is 6.42 Å².